The van der Waals surface area contributed by atoms with Crippen LogP contribution in [0.1, 0.15) is 0 Å². The van der Waals surface area contributed by atoms with Gasteiger partial charge >= 0.3 is 12.4 Å². The first kappa shape index (κ1) is 14.6. The average Bonchev–Trinajstić information content (AvgIpc) is 1.92. The van der Waals surface area contributed by atoms with Crippen molar-refractivity contribution in [1.29, 1.82) is 0 Å². The molecule has 0 aliphatic carbocycles. The van der Waals surface area contributed by atoms with Gasteiger partial charge in [-0.25, -0.2) is 0 Å². The summed E-state index contributed by atoms with van der Waals surface area (Å²) in [6.07, 6.45) is -12.6. The van der Waals surface area contributed by atoms with Gasteiger partial charge in [0.2, 0.25) is 11.4 Å². The fraction of sp³-hybridized carbons (Fsp3) is 0.500. The molecule has 0 saturated heterocycles. The van der Waals surface area contributed by atoms with E-state index in [1.54, 1.807) is 0 Å². The minimum absolute atomic E-state index is 3.07. The maximum absolute atomic E-state index is 11.7. The van der Waals surface area contributed by atoms with E-state index in [4.69, 9.17) is 0 Å². The van der Waals surface area contributed by atoms with Crippen molar-refractivity contribution in [3.05, 3.63) is 11.4 Å². The Morgan fingerprint density at radius 2 is 0.750 bits per heavy atom. The van der Waals surface area contributed by atoms with Crippen LogP contribution in [0, 0.1) is 0 Å². The molecule has 0 unspecified atom stereocenters. The molecular weight excluding hydrogens is 266 g/mol. The Kier molecular flexibility index (Phi) is 3.89. The molecule has 0 aliphatic rings. The van der Waals surface area contributed by atoms with Crippen molar-refractivity contribution < 1.29 is 44.3 Å². The third-order valence-corrected chi connectivity index (χ3v) is 1.10. The third kappa shape index (κ3) is 3.34. The van der Waals surface area contributed by atoms with Gasteiger partial charge in [0, 0.05) is 0 Å². The Hall–Kier alpha value is -1.36. The van der Waals surface area contributed by atoms with Crippen LogP contribution in [-0.2, 0) is 0 Å². The maximum atomic E-state index is 11.7. The first-order valence-electron chi connectivity index (χ1n) is 3.01. The lowest BCUT2D eigenvalue weighted by Gasteiger charge is -2.19. The molecule has 0 rings (SSSR count). The molecule has 0 aliphatic heterocycles. The van der Waals surface area contributed by atoms with Gasteiger partial charge < -0.3 is 0 Å². The molecule has 0 aromatic rings. The van der Waals surface area contributed by atoms with Crippen molar-refractivity contribution in [3.63, 3.8) is 0 Å². The summed E-state index contributed by atoms with van der Waals surface area (Å²) in [5.41, 5.74) is -7.60. The molecule has 96 valence electrons. The van der Waals surface area contributed by atoms with E-state index >= 15 is 0 Å². The molecule has 0 bridgehead atoms. The van der Waals surface area contributed by atoms with E-state index in [2.05, 4.69) is 0 Å². The van der Waals surface area contributed by atoms with Gasteiger partial charge in [-0.15, -0.1) is 0 Å². The average molecular weight is 266 g/mol. The summed E-state index contributed by atoms with van der Waals surface area (Å²) >= 11 is 0. The summed E-state index contributed by atoms with van der Waals surface area (Å²) in [6.45, 7) is 0. The molecule has 0 radical (unpaired) electrons. The second kappa shape index (κ2) is 4.25. The predicted octanol–water partition coefficient (Wildman–Crippen LogP) is 3.46. The molecule has 0 heterocycles. The molecular formula is C4F10N2. The molecule has 16 heavy (non-hydrogen) atoms. The highest BCUT2D eigenvalue weighted by Crippen LogP contribution is 2.40. The van der Waals surface area contributed by atoms with Crippen LogP contribution in [0.5, 0.6) is 0 Å². The Morgan fingerprint density at radius 3 is 0.812 bits per heavy atom. The van der Waals surface area contributed by atoms with Crippen LogP contribution in [0.2, 0.25) is 0 Å². The zero-order valence-corrected chi connectivity index (χ0v) is 6.67. The van der Waals surface area contributed by atoms with Crippen LogP contribution < -0.4 is 0 Å². The lowest BCUT2D eigenvalue weighted by Crippen LogP contribution is -2.32. The molecule has 0 aromatic carbocycles. The number of alkyl halides is 6. The van der Waals surface area contributed by atoms with Crippen LogP contribution in [-0.4, -0.2) is 23.0 Å². The summed E-state index contributed by atoms with van der Waals surface area (Å²) in [7, 11) is 0. The standard InChI is InChI=1S/C4F10N2/c5-3(6,7)1(15(11)12)2(16(13)14)4(8,9)10/b2-1+. The molecule has 0 amide bonds. The monoisotopic (exact) mass is 266 g/mol. The van der Waals surface area contributed by atoms with Crippen molar-refractivity contribution >= 4 is 0 Å². The second-order valence-electron chi connectivity index (χ2n) is 2.16. The van der Waals surface area contributed by atoms with Gasteiger partial charge in [0.15, 0.2) is 0 Å². The second-order valence-corrected chi connectivity index (χ2v) is 2.16. The molecule has 0 spiro atoms. The molecule has 0 aromatic heterocycles. The Balaban J connectivity index is 5.87. The van der Waals surface area contributed by atoms with Crippen molar-refractivity contribution in [2.24, 2.45) is 0 Å². The van der Waals surface area contributed by atoms with E-state index < -0.39 is 34.4 Å². The fourth-order valence-electron chi connectivity index (χ4n) is 0.620. The summed E-state index contributed by atoms with van der Waals surface area (Å²) in [6, 6.07) is 0. The quantitative estimate of drug-likeness (QED) is 0.557. The van der Waals surface area contributed by atoms with Crippen LogP contribution in [0.4, 0.5) is 44.3 Å². The molecule has 0 atom stereocenters. The molecule has 2 nitrogen and oxygen atoms in total. The predicted molar refractivity (Wildman–Crippen MR) is 27.2 cm³/mol. The van der Waals surface area contributed by atoms with Gasteiger partial charge in [-0.3, -0.25) is 0 Å². The van der Waals surface area contributed by atoms with E-state index in [1.807, 2.05) is 0 Å². The lowest BCUT2D eigenvalue weighted by atomic mass is 10.3. The van der Waals surface area contributed by atoms with Gasteiger partial charge in [0.1, 0.15) is 0 Å². The van der Waals surface area contributed by atoms with Crippen LogP contribution in [0.25, 0.3) is 0 Å². The SMILES string of the molecule is FN(F)/C(=C(/N(F)F)C(F)(F)F)C(F)(F)F. The zero-order chi connectivity index (χ0) is 13.3. The number of nitrogens with zero attached hydrogens (tertiary/aromatic N) is 2. The van der Waals surface area contributed by atoms with Gasteiger partial charge in [0.25, 0.3) is 0 Å². The summed E-state index contributed by atoms with van der Waals surface area (Å²) in [4.78, 5) is 0. The van der Waals surface area contributed by atoms with Crippen molar-refractivity contribution in [2.75, 3.05) is 0 Å². The summed E-state index contributed by atoms with van der Waals surface area (Å²) in [5, 5.41) is -6.15. The van der Waals surface area contributed by atoms with Gasteiger partial charge in [-0.05, 0) is 10.7 Å². The normalized spacial score (nSPS) is 14.6. The molecule has 0 N–H and O–H groups in total. The van der Waals surface area contributed by atoms with Crippen molar-refractivity contribution in [1.82, 2.24) is 10.7 Å². The Bertz CT molecular complexity index is 244. The highest BCUT2D eigenvalue weighted by atomic mass is 19.4. The minimum Gasteiger partial charge on any atom is -0.164 e. The van der Waals surface area contributed by atoms with Crippen LogP contribution in [0.3, 0.4) is 0 Å². The van der Waals surface area contributed by atoms with E-state index in [0.29, 0.717) is 0 Å². The topological polar surface area (TPSA) is 6.48 Å². The Labute approximate surface area is 80.1 Å². The highest BCUT2D eigenvalue weighted by molar-refractivity contribution is 5.17. The number of hydrogen-bond donors (Lipinski definition) is 0. The number of hydrogen-bond acceptors (Lipinski definition) is 2. The van der Waals surface area contributed by atoms with Crippen molar-refractivity contribution in [2.45, 2.75) is 12.4 Å². The highest BCUT2D eigenvalue weighted by Gasteiger charge is 2.53. The lowest BCUT2D eigenvalue weighted by molar-refractivity contribution is -0.237. The van der Waals surface area contributed by atoms with Crippen molar-refractivity contribution in [3.8, 4) is 0 Å². The van der Waals surface area contributed by atoms with Gasteiger partial charge in [0.05, 0.1) is 0 Å². The third-order valence-electron chi connectivity index (χ3n) is 1.10. The van der Waals surface area contributed by atoms with Gasteiger partial charge in [-0.1, -0.05) is 17.9 Å². The number of allylic oxidation sites excluding steroid dienone is 2. The number of rotatable bonds is 2. The molecule has 12 heteroatoms. The smallest absolute Gasteiger partial charge is 0.164 e. The summed E-state index contributed by atoms with van der Waals surface area (Å²) < 4.78 is 116. The van der Waals surface area contributed by atoms with E-state index in [-0.39, 0.29) is 0 Å². The Morgan fingerprint density at radius 1 is 0.562 bits per heavy atom. The first-order chi connectivity index (χ1) is 6.89. The minimum atomic E-state index is -6.29. The van der Waals surface area contributed by atoms with Crippen LogP contribution in [0.15, 0.2) is 11.4 Å². The zero-order valence-electron chi connectivity index (χ0n) is 6.67. The summed E-state index contributed by atoms with van der Waals surface area (Å²) in [5.74, 6) is 0. The number of halogens is 10. The van der Waals surface area contributed by atoms with E-state index in [1.165, 1.54) is 0 Å². The maximum Gasteiger partial charge on any atom is 0.438 e. The largest absolute Gasteiger partial charge is 0.438 e. The van der Waals surface area contributed by atoms with E-state index in [9.17, 15) is 44.3 Å². The fourth-order valence-corrected chi connectivity index (χ4v) is 0.620. The van der Waals surface area contributed by atoms with Crippen LogP contribution >= 0.6 is 0 Å². The molecule has 0 saturated carbocycles. The van der Waals surface area contributed by atoms with E-state index in [0.717, 1.165) is 0 Å². The first-order valence-corrected chi connectivity index (χ1v) is 3.01. The molecule has 0 fully saturated rings. The van der Waals surface area contributed by atoms with Gasteiger partial charge in [-0.2, -0.15) is 26.3 Å².